The highest BCUT2D eigenvalue weighted by atomic mass is 19.1. The Morgan fingerprint density at radius 1 is 1.11 bits per heavy atom. The average Bonchev–Trinajstić information content (AvgIpc) is 3.30. The third kappa shape index (κ3) is 7.18. The van der Waals surface area contributed by atoms with Crippen molar-refractivity contribution in [1.29, 1.82) is 0 Å². The van der Waals surface area contributed by atoms with E-state index in [9.17, 15) is 24.3 Å². The minimum atomic E-state index is -1.99. The number of esters is 1. The third-order valence-corrected chi connectivity index (χ3v) is 10.4. The van der Waals surface area contributed by atoms with Crippen LogP contribution in [0.4, 0.5) is 4.39 Å². The van der Waals surface area contributed by atoms with Crippen molar-refractivity contribution in [2.75, 3.05) is 19.8 Å². The predicted octanol–water partition coefficient (Wildman–Crippen LogP) is 1.76. The lowest BCUT2D eigenvalue weighted by Crippen LogP contribution is -2.66. The van der Waals surface area contributed by atoms with Gasteiger partial charge in [0, 0.05) is 23.7 Å². The highest BCUT2D eigenvalue weighted by Crippen LogP contribution is 2.68. The van der Waals surface area contributed by atoms with Gasteiger partial charge in [0.15, 0.2) is 17.2 Å². The molecular formula is C29H42FN3O12. The molecule has 0 aliphatic heterocycles. The fraction of sp³-hybridized carbons (Fsp3) is 0.724. The van der Waals surface area contributed by atoms with E-state index in [0.29, 0.717) is 31.3 Å². The highest BCUT2D eigenvalue weighted by Gasteiger charge is 2.70. The Morgan fingerprint density at radius 3 is 2.53 bits per heavy atom. The maximum atomic E-state index is 17.1. The second-order valence-electron chi connectivity index (χ2n) is 12.8. The van der Waals surface area contributed by atoms with Gasteiger partial charge in [-0.15, -0.1) is 0 Å². The Hall–Kier alpha value is -2.67. The summed E-state index contributed by atoms with van der Waals surface area (Å²) in [6.07, 6.45) is 4.18. The van der Waals surface area contributed by atoms with Crippen molar-refractivity contribution in [2.24, 2.45) is 28.6 Å². The molecule has 0 radical (unpaired) electrons. The number of carbonyl (C=O) groups is 4. The number of allylic oxidation sites excluding steroid dienone is 4. The lowest BCUT2D eigenvalue weighted by Gasteiger charge is -2.62. The van der Waals surface area contributed by atoms with Gasteiger partial charge in [-0.25, -0.2) is 14.1 Å². The van der Waals surface area contributed by atoms with Crippen LogP contribution in [0, 0.1) is 28.6 Å². The summed E-state index contributed by atoms with van der Waals surface area (Å²) in [5.74, 6) is -3.14. The number of nitrogens with zero attached hydrogens (tertiary/aromatic N) is 2. The molecule has 3 saturated carbocycles. The zero-order chi connectivity index (χ0) is 33.2. The molecule has 0 heterocycles. The first-order chi connectivity index (χ1) is 21.1. The molecule has 252 valence electrons. The topological polar surface area (TPSA) is 216 Å². The van der Waals surface area contributed by atoms with Crippen molar-refractivity contribution < 1.29 is 63.9 Å². The summed E-state index contributed by atoms with van der Waals surface area (Å²) in [5, 5.41) is 47.3. The molecule has 16 heteroatoms. The molecule has 4 unspecified atom stereocenters. The molecule has 1 amide bonds. The van der Waals surface area contributed by atoms with Crippen LogP contribution < -0.4 is 5.32 Å². The van der Waals surface area contributed by atoms with Crippen LogP contribution in [0.15, 0.2) is 23.8 Å². The summed E-state index contributed by atoms with van der Waals surface area (Å²) in [5.41, 5.74) is -3.11. The largest absolute Gasteiger partial charge is 0.456 e. The first-order valence-corrected chi connectivity index (χ1v) is 15.0. The minimum absolute atomic E-state index is 0.0333. The van der Waals surface area contributed by atoms with Crippen molar-refractivity contribution in [1.82, 2.24) is 16.1 Å². The molecule has 15 nitrogen and oxygen atoms in total. The number of halogens is 1. The van der Waals surface area contributed by atoms with Crippen molar-refractivity contribution in [3.05, 3.63) is 23.8 Å². The number of hydrogen-bond acceptors (Lipinski definition) is 14. The van der Waals surface area contributed by atoms with Crippen LogP contribution in [0.1, 0.15) is 65.2 Å². The maximum Gasteiger partial charge on any atom is 0.325 e. The number of hydrogen-bond donors (Lipinski definition) is 6. The summed E-state index contributed by atoms with van der Waals surface area (Å²) in [6, 6.07) is 0. The Balaban J connectivity index is 1.26. The molecule has 6 N–H and O–H groups in total. The molecular weight excluding hydrogens is 601 g/mol. The molecule has 4 rings (SSSR count). The molecule has 0 spiro atoms. The fourth-order valence-electron chi connectivity index (χ4n) is 8.24. The van der Waals surface area contributed by atoms with Crippen molar-refractivity contribution in [3.63, 3.8) is 0 Å². The van der Waals surface area contributed by atoms with E-state index in [1.807, 2.05) is 6.92 Å². The second kappa shape index (κ2) is 14.0. The lowest BCUT2D eigenvalue weighted by atomic mass is 9.45. The quantitative estimate of drug-likeness (QED) is 0.118. The van der Waals surface area contributed by atoms with Gasteiger partial charge in [0.05, 0.1) is 16.9 Å². The van der Waals surface area contributed by atoms with Gasteiger partial charge in [0.2, 0.25) is 5.91 Å². The number of carbonyl (C=O) groups excluding carboxylic acids is 4. The number of ketones is 2. The molecule has 0 aromatic heterocycles. The third-order valence-electron chi connectivity index (χ3n) is 10.4. The van der Waals surface area contributed by atoms with Gasteiger partial charge in [-0.1, -0.05) is 18.6 Å². The molecule has 45 heavy (non-hydrogen) atoms. The smallest absolute Gasteiger partial charge is 0.325 e. The van der Waals surface area contributed by atoms with Crippen molar-refractivity contribution in [3.8, 4) is 0 Å². The molecule has 4 aliphatic rings. The maximum absolute atomic E-state index is 17.1. The first kappa shape index (κ1) is 35.2. The summed E-state index contributed by atoms with van der Waals surface area (Å²) in [6.45, 7) is 2.12. The van der Waals surface area contributed by atoms with Crippen LogP contribution in [0.2, 0.25) is 0 Å². The van der Waals surface area contributed by atoms with Crippen LogP contribution >= 0.6 is 0 Å². The lowest BCUT2D eigenvalue weighted by molar-refractivity contribution is -0.527. The Kier molecular flexibility index (Phi) is 10.9. The van der Waals surface area contributed by atoms with Crippen molar-refractivity contribution >= 4 is 23.4 Å². The zero-order valence-corrected chi connectivity index (χ0v) is 25.3. The van der Waals surface area contributed by atoms with E-state index in [0.717, 1.165) is 0 Å². The van der Waals surface area contributed by atoms with Gasteiger partial charge in [-0.3, -0.25) is 40.0 Å². The summed E-state index contributed by atoms with van der Waals surface area (Å²) < 4.78 is 22.3. The van der Waals surface area contributed by atoms with Gasteiger partial charge >= 0.3 is 5.97 Å². The van der Waals surface area contributed by atoms with Gasteiger partial charge in [0.25, 0.3) is 0 Å². The molecule has 8 atom stereocenters. The normalized spacial score (nSPS) is 34.5. The Morgan fingerprint density at radius 2 is 1.84 bits per heavy atom. The Bertz CT molecular complexity index is 1210. The van der Waals surface area contributed by atoms with Gasteiger partial charge in [-0.05, 0) is 75.4 Å². The molecule has 0 aromatic carbocycles. The van der Waals surface area contributed by atoms with Crippen LogP contribution in [-0.2, 0) is 33.6 Å². The van der Waals surface area contributed by atoms with Crippen LogP contribution in [-0.4, -0.2) is 97.8 Å². The average molecular weight is 644 g/mol. The number of alkyl halides is 1. The number of ether oxygens (including phenoxy) is 1. The molecule has 3 fully saturated rings. The van der Waals surface area contributed by atoms with E-state index in [1.165, 1.54) is 12.2 Å². The van der Waals surface area contributed by atoms with E-state index < -0.39 is 83.0 Å². The van der Waals surface area contributed by atoms with Gasteiger partial charge < -0.3 is 15.2 Å². The summed E-state index contributed by atoms with van der Waals surface area (Å²) in [4.78, 5) is 58.6. The molecule has 0 aromatic rings. The number of fused-ring (bicyclic) bond motifs is 5. The standard InChI is InChI=1S/C29H42FN3O12/c1-27-13-24(36)29(30)21(7-6-17-12-18(34)10-11-28(17,29)2)20(27)8-9-22(27)23(35)16-43-26(38)14-31-25(37)5-3-4-19(45-33(41)42)15-44-32(39)40/h10-12,19-22,24,36,39-42H,3-9,13-16H2,1-2H3,(H,31,37)/t19?,20?,21-,22?,24-,27-,28-,29?/m0/s1. The number of aliphatic hydroxyl groups excluding tert-OH is 1. The SMILES string of the molecule is C[C@]12C[C@H](O)C3(F)[C@@H](CCC4=CC(=O)C=C[C@@]43C)C1CCC2C(=O)COC(=O)CNC(=O)CCCC(CON(O)O)ON(O)O. The van der Waals surface area contributed by atoms with Gasteiger partial charge in [-0.2, -0.15) is 0 Å². The van der Waals surface area contributed by atoms with Crippen LogP contribution in [0.25, 0.3) is 0 Å². The Labute approximate surface area is 258 Å². The van der Waals surface area contributed by atoms with E-state index in [2.05, 4.69) is 15.0 Å². The number of aliphatic hydroxyl groups is 1. The number of amides is 1. The number of rotatable bonds is 14. The predicted molar refractivity (Wildman–Crippen MR) is 146 cm³/mol. The molecule has 4 aliphatic carbocycles. The first-order valence-electron chi connectivity index (χ1n) is 15.0. The zero-order valence-electron chi connectivity index (χ0n) is 25.3. The van der Waals surface area contributed by atoms with Gasteiger partial charge in [0.1, 0.15) is 25.9 Å². The highest BCUT2D eigenvalue weighted by molar-refractivity contribution is 6.01. The van der Waals surface area contributed by atoms with E-state index in [4.69, 9.17) is 25.6 Å². The number of Topliss-reactive ketones (excluding diaryl/α,β-unsaturated/α-hetero) is 1. The van der Waals surface area contributed by atoms with E-state index in [-0.39, 0.29) is 43.2 Å². The second-order valence-corrected chi connectivity index (χ2v) is 12.8. The number of nitrogens with one attached hydrogen (secondary N) is 1. The summed E-state index contributed by atoms with van der Waals surface area (Å²) >= 11 is 0. The minimum Gasteiger partial charge on any atom is -0.456 e. The van der Waals surface area contributed by atoms with Crippen LogP contribution in [0.5, 0.6) is 0 Å². The monoisotopic (exact) mass is 643 g/mol. The summed E-state index contributed by atoms with van der Waals surface area (Å²) in [7, 11) is 0. The van der Waals surface area contributed by atoms with Crippen molar-refractivity contribution in [2.45, 2.75) is 83.1 Å². The van der Waals surface area contributed by atoms with E-state index >= 15 is 4.39 Å². The molecule has 0 saturated heterocycles. The van der Waals surface area contributed by atoms with E-state index in [1.54, 1.807) is 13.0 Å². The fourth-order valence-corrected chi connectivity index (χ4v) is 8.24. The van der Waals surface area contributed by atoms with Crippen LogP contribution in [0.3, 0.4) is 0 Å². The molecule has 0 bridgehead atoms.